The summed E-state index contributed by atoms with van der Waals surface area (Å²) in [5.74, 6) is -1.77. The van der Waals surface area contributed by atoms with E-state index in [0.29, 0.717) is 5.02 Å². The second kappa shape index (κ2) is 6.54. The molecule has 0 unspecified atom stereocenters. The van der Waals surface area contributed by atoms with E-state index in [-0.39, 0.29) is 6.79 Å². The van der Waals surface area contributed by atoms with E-state index in [1.165, 1.54) is 7.11 Å². The molecule has 0 amide bonds. The van der Waals surface area contributed by atoms with E-state index < -0.39 is 11.3 Å². The van der Waals surface area contributed by atoms with Gasteiger partial charge in [0.2, 0.25) is 5.41 Å². The number of benzene rings is 1. The monoisotopic (exact) mass is 290 g/mol. The highest BCUT2D eigenvalue weighted by molar-refractivity contribution is 6.30. The lowest BCUT2D eigenvalue weighted by atomic mass is 9.77. The zero-order valence-corrected chi connectivity index (χ0v) is 12.1. The Balaban J connectivity index is 3.39. The maximum absolute atomic E-state index is 7.39. The Labute approximate surface area is 124 Å². The van der Waals surface area contributed by atoms with E-state index in [2.05, 4.69) is 16.3 Å². The van der Waals surface area contributed by atoms with Crippen molar-refractivity contribution in [2.75, 3.05) is 13.9 Å². The molecule has 0 aromatic heterocycles. The third-order valence-electron chi connectivity index (χ3n) is 3.21. The first-order valence-electron chi connectivity index (χ1n) is 5.79. The number of rotatable bonds is 6. The van der Waals surface area contributed by atoms with Crippen LogP contribution in [0.3, 0.4) is 0 Å². The predicted molar refractivity (Wildman–Crippen MR) is 77.9 cm³/mol. The summed E-state index contributed by atoms with van der Waals surface area (Å²) in [6.45, 7) is 20.1. The summed E-state index contributed by atoms with van der Waals surface area (Å²) in [6.07, 6.45) is 1.54. The fraction of sp³-hybridized carbons (Fsp3) is 0.333. The minimum atomic E-state index is -1.77. The molecule has 1 aromatic rings. The van der Waals surface area contributed by atoms with Gasteiger partial charge in [0.15, 0.2) is 6.79 Å². The zero-order chi connectivity index (χ0) is 15.2. The van der Waals surface area contributed by atoms with E-state index in [9.17, 15) is 0 Å². The summed E-state index contributed by atoms with van der Waals surface area (Å²) in [5.41, 5.74) is -0.292. The lowest BCUT2D eigenvalue weighted by Gasteiger charge is -2.27. The van der Waals surface area contributed by atoms with Gasteiger partial charge in [-0.1, -0.05) is 29.8 Å². The van der Waals surface area contributed by atoms with Crippen LogP contribution in [0.25, 0.3) is 9.69 Å². The van der Waals surface area contributed by atoms with Crippen LogP contribution < -0.4 is 0 Å². The number of methoxy groups -OCH3 is 1. The standard InChI is InChI=1S/C15H15ClN2O2/c1-6-14(2,12-7-9-13(16)10-8-12)15(17-3,18-4)20-11-19-5/h6-10H,1,11H2,2,5H3/t14-/m0/s1. The van der Waals surface area contributed by atoms with E-state index in [0.717, 1.165) is 5.56 Å². The first kappa shape index (κ1) is 16.2. The SMILES string of the molecule is [C-]#[N+]C([N+]#[C-])(OCOC)[C@@](C)(C=C)c1ccc(Cl)cc1. The fourth-order valence-corrected chi connectivity index (χ4v) is 1.97. The molecule has 4 nitrogen and oxygen atoms in total. The maximum Gasteiger partial charge on any atom is 0.628 e. The Hall–Kier alpha value is -1.85. The average Bonchev–Trinajstić information content (AvgIpc) is 2.49. The number of hydrogen-bond acceptors (Lipinski definition) is 2. The van der Waals surface area contributed by atoms with Crippen LogP contribution in [0.2, 0.25) is 5.02 Å². The van der Waals surface area contributed by atoms with Gasteiger partial charge >= 0.3 is 5.85 Å². The molecule has 0 spiro atoms. The summed E-state index contributed by atoms with van der Waals surface area (Å²) in [6, 6.07) is 6.91. The third-order valence-corrected chi connectivity index (χ3v) is 3.46. The molecular formula is C15H15ClN2O2. The molecule has 0 saturated carbocycles. The van der Waals surface area contributed by atoms with Crippen molar-refractivity contribution in [2.45, 2.75) is 18.2 Å². The highest BCUT2D eigenvalue weighted by atomic mass is 35.5. The molecule has 0 aliphatic rings. The molecule has 0 aliphatic heterocycles. The first-order chi connectivity index (χ1) is 9.49. The van der Waals surface area contributed by atoms with Crippen LogP contribution in [0.15, 0.2) is 36.9 Å². The van der Waals surface area contributed by atoms with Crippen LogP contribution in [-0.4, -0.2) is 19.8 Å². The predicted octanol–water partition coefficient (Wildman–Crippen LogP) is 3.90. The third kappa shape index (κ3) is 2.69. The van der Waals surface area contributed by atoms with Crippen molar-refractivity contribution < 1.29 is 9.47 Å². The number of ether oxygens (including phenoxy) is 2. The van der Waals surface area contributed by atoms with Crippen molar-refractivity contribution in [3.8, 4) is 0 Å². The van der Waals surface area contributed by atoms with E-state index in [1.807, 2.05) is 0 Å². The van der Waals surface area contributed by atoms with Gasteiger partial charge in [-0.25, -0.2) is 17.9 Å². The van der Waals surface area contributed by atoms with Gasteiger partial charge in [-0.05, 0) is 24.6 Å². The Morgan fingerprint density at radius 1 is 1.30 bits per heavy atom. The van der Waals surface area contributed by atoms with Crippen molar-refractivity contribution in [2.24, 2.45) is 0 Å². The number of halogens is 1. The molecule has 1 rings (SSSR count). The summed E-state index contributed by atoms with van der Waals surface area (Å²) < 4.78 is 10.2. The topological polar surface area (TPSA) is 27.2 Å². The average molecular weight is 291 g/mol. The second-order valence-electron chi connectivity index (χ2n) is 4.30. The van der Waals surface area contributed by atoms with E-state index in [4.69, 9.17) is 34.2 Å². The molecule has 1 atom stereocenters. The lowest BCUT2D eigenvalue weighted by Crippen LogP contribution is -2.46. The van der Waals surface area contributed by atoms with Gasteiger partial charge in [-0.15, -0.1) is 6.58 Å². The van der Waals surface area contributed by atoms with Crippen molar-refractivity contribution in [3.05, 3.63) is 70.3 Å². The van der Waals surface area contributed by atoms with Gasteiger partial charge in [-0.3, -0.25) is 0 Å². The van der Waals surface area contributed by atoms with Gasteiger partial charge < -0.3 is 4.74 Å². The molecule has 0 radical (unpaired) electrons. The number of nitrogens with zero attached hydrogens (tertiary/aromatic N) is 2. The summed E-state index contributed by atoms with van der Waals surface area (Å²) in [5, 5.41) is 0.578. The summed E-state index contributed by atoms with van der Waals surface area (Å²) >= 11 is 5.87. The van der Waals surface area contributed by atoms with Gasteiger partial charge in [0.1, 0.15) is 0 Å². The van der Waals surface area contributed by atoms with Crippen molar-refractivity contribution in [1.82, 2.24) is 0 Å². The number of hydrogen-bond donors (Lipinski definition) is 0. The fourth-order valence-electron chi connectivity index (χ4n) is 1.85. The highest BCUT2D eigenvalue weighted by Gasteiger charge is 2.64. The molecule has 20 heavy (non-hydrogen) atoms. The van der Waals surface area contributed by atoms with Gasteiger partial charge in [-0.2, -0.15) is 9.69 Å². The zero-order valence-electron chi connectivity index (χ0n) is 11.4. The van der Waals surface area contributed by atoms with Crippen LogP contribution in [0.5, 0.6) is 0 Å². The molecule has 0 bridgehead atoms. The molecule has 5 heteroatoms. The molecule has 104 valence electrons. The van der Waals surface area contributed by atoms with E-state index in [1.54, 1.807) is 37.3 Å². The van der Waals surface area contributed by atoms with Crippen molar-refractivity contribution >= 4 is 11.6 Å². The molecule has 0 N–H and O–H groups in total. The summed E-state index contributed by atoms with van der Waals surface area (Å²) in [4.78, 5) is 6.81. The smallest absolute Gasteiger partial charge is 0.358 e. The molecule has 1 aromatic carbocycles. The normalized spacial score (nSPS) is 13.8. The molecule has 0 heterocycles. The van der Waals surface area contributed by atoms with Gasteiger partial charge in [0, 0.05) is 12.1 Å². The van der Waals surface area contributed by atoms with Crippen molar-refractivity contribution in [3.63, 3.8) is 0 Å². The quantitative estimate of drug-likeness (QED) is 0.451. The Bertz CT molecular complexity index is 543. The van der Waals surface area contributed by atoms with Crippen molar-refractivity contribution in [1.29, 1.82) is 0 Å². The maximum atomic E-state index is 7.39. The second-order valence-corrected chi connectivity index (χ2v) is 4.73. The minimum absolute atomic E-state index is 0.151. The van der Waals surface area contributed by atoms with Gasteiger partial charge in [0.25, 0.3) is 0 Å². The first-order valence-corrected chi connectivity index (χ1v) is 6.17. The summed E-state index contributed by atoms with van der Waals surface area (Å²) in [7, 11) is 1.44. The highest BCUT2D eigenvalue weighted by Crippen LogP contribution is 2.42. The van der Waals surface area contributed by atoms with Crippen LogP contribution in [0, 0.1) is 13.1 Å². The molecule has 0 saturated heterocycles. The minimum Gasteiger partial charge on any atom is -0.358 e. The largest absolute Gasteiger partial charge is 0.628 e. The van der Waals surface area contributed by atoms with Crippen LogP contribution >= 0.6 is 11.6 Å². The lowest BCUT2D eigenvalue weighted by molar-refractivity contribution is -0.110. The Morgan fingerprint density at radius 3 is 2.25 bits per heavy atom. The molecule has 0 aliphatic carbocycles. The van der Waals surface area contributed by atoms with Crippen LogP contribution in [-0.2, 0) is 14.9 Å². The molecule has 0 fully saturated rings. The Morgan fingerprint density at radius 2 is 1.85 bits per heavy atom. The Kier molecular flexibility index (Phi) is 5.30. The van der Waals surface area contributed by atoms with Crippen LogP contribution in [0.4, 0.5) is 0 Å². The van der Waals surface area contributed by atoms with Crippen LogP contribution in [0.1, 0.15) is 12.5 Å². The van der Waals surface area contributed by atoms with Gasteiger partial charge in [0.05, 0.1) is 0 Å². The molecular weight excluding hydrogens is 276 g/mol. The van der Waals surface area contributed by atoms with E-state index >= 15 is 0 Å².